The van der Waals surface area contributed by atoms with Gasteiger partial charge in [0.05, 0.1) is 12.7 Å². The topological polar surface area (TPSA) is 80.9 Å². The Morgan fingerprint density at radius 3 is 1.46 bits per heavy atom. The van der Waals surface area contributed by atoms with Crippen LogP contribution in [0.4, 0.5) is 52.7 Å². The molecule has 170 valence electrons. The molecule has 0 amide bonds. The van der Waals surface area contributed by atoms with Crippen molar-refractivity contribution in [1.29, 1.82) is 0 Å². The summed E-state index contributed by atoms with van der Waals surface area (Å²) in [5, 5.41) is 33.0. The van der Waals surface area contributed by atoms with Gasteiger partial charge in [-0.3, -0.25) is 0 Å². The Morgan fingerprint density at radius 1 is 0.679 bits per heavy atom. The number of alkyl halides is 12. The largest absolute Gasteiger partial charge is 0.418 e. The van der Waals surface area contributed by atoms with Gasteiger partial charge < -0.3 is 20.4 Å². The molecule has 0 spiro atoms. The molecule has 0 aromatic heterocycles. The van der Waals surface area contributed by atoms with Crippen molar-refractivity contribution in [2.45, 2.75) is 67.2 Å². The third-order valence-corrected chi connectivity index (χ3v) is 3.62. The lowest BCUT2D eigenvalue weighted by Gasteiger charge is -2.41. The highest BCUT2D eigenvalue weighted by atomic mass is 19.4. The first-order valence-corrected chi connectivity index (χ1v) is 7.08. The van der Waals surface area contributed by atoms with Crippen molar-refractivity contribution >= 4 is 0 Å². The number of hydrogen-bond donors (Lipinski definition) is 4. The summed E-state index contributed by atoms with van der Waals surface area (Å²) in [6, 6.07) is 0. The van der Waals surface area contributed by atoms with Gasteiger partial charge >= 0.3 is 35.7 Å². The van der Waals surface area contributed by atoms with E-state index in [4.69, 9.17) is 20.4 Å². The molecule has 3 unspecified atom stereocenters. The van der Waals surface area contributed by atoms with E-state index in [1.54, 1.807) is 0 Å². The molecule has 3 atom stereocenters. The molecule has 0 heterocycles. The van der Waals surface area contributed by atoms with E-state index in [9.17, 15) is 52.7 Å². The quantitative estimate of drug-likeness (QED) is 0.365. The van der Waals surface area contributed by atoms with Crippen molar-refractivity contribution in [1.82, 2.24) is 0 Å². The van der Waals surface area contributed by atoms with Crippen LogP contribution in [0, 0.1) is 0 Å². The molecule has 4 nitrogen and oxygen atoms in total. The maximum absolute atomic E-state index is 13.4. The Labute approximate surface area is 148 Å². The van der Waals surface area contributed by atoms with Gasteiger partial charge in [-0.15, -0.1) is 0 Å². The molecule has 0 radical (unpaired) electrons. The predicted octanol–water partition coefficient (Wildman–Crippen LogP) is 2.63. The van der Waals surface area contributed by atoms with Crippen LogP contribution in [0.3, 0.4) is 0 Å². The summed E-state index contributed by atoms with van der Waals surface area (Å²) < 4.78 is 157. The first-order valence-electron chi connectivity index (χ1n) is 7.08. The maximum Gasteiger partial charge on any atom is 0.418 e. The second-order valence-electron chi connectivity index (χ2n) is 5.74. The van der Waals surface area contributed by atoms with Crippen molar-refractivity contribution in [2.24, 2.45) is 0 Å². The first-order chi connectivity index (χ1) is 12.1. The zero-order valence-electron chi connectivity index (χ0n) is 13.3. The van der Waals surface area contributed by atoms with E-state index < -0.39 is 73.8 Å². The second-order valence-corrected chi connectivity index (χ2v) is 5.74. The zero-order valence-corrected chi connectivity index (χ0v) is 13.3. The highest BCUT2D eigenvalue weighted by molar-refractivity contribution is 5.11. The minimum absolute atomic E-state index is 0.702. The standard InChI is InChI=1S/C12H14F12O4/c13-6(3-1-2-5(26)4-25)7(14,15)8(16,17)9(18,19)10(20,21)11(22,27)12(23,24)28/h5-6,25-28H,1-4H2. The fraction of sp³-hybridized carbons (Fsp3) is 1.00. The van der Waals surface area contributed by atoms with E-state index in [-0.39, 0.29) is 0 Å². The molecule has 0 rings (SSSR count). The van der Waals surface area contributed by atoms with Crippen molar-refractivity contribution < 1.29 is 73.1 Å². The van der Waals surface area contributed by atoms with Crippen molar-refractivity contribution in [3.63, 3.8) is 0 Å². The fourth-order valence-electron chi connectivity index (χ4n) is 1.81. The lowest BCUT2D eigenvalue weighted by Crippen LogP contribution is -2.73. The van der Waals surface area contributed by atoms with Gasteiger partial charge in [-0.1, -0.05) is 0 Å². The van der Waals surface area contributed by atoms with Crippen LogP contribution in [0.2, 0.25) is 0 Å². The van der Waals surface area contributed by atoms with Crippen LogP contribution < -0.4 is 0 Å². The van der Waals surface area contributed by atoms with Gasteiger partial charge in [-0.05, 0) is 19.3 Å². The molecule has 0 bridgehead atoms. The van der Waals surface area contributed by atoms with Gasteiger partial charge in [-0.2, -0.15) is 48.3 Å². The summed E-state index contributed by atoms with van der Waals surface area (Å²) in [6.07, 6.45) is -16.2. The molecular formula is C12H14F12O4. The third-order valence-electron chi connectivity index (χ3n) is 3.62. The van der Waals surface area contributed by atoms with Gasteiger partial charge in [-0.25, -0.2) is 4.39 Å². The molecule has 0 aliphatic heterocycles. The van der Waals surface area contributed by atoms with Gasteiger partial charge in [0.1, 0.15) is 0 Å². The average molecular weight is 450 g/mol. The Hall–Kier alpha value is -1.00. The molecule has 0 fully saturated rings. The number of halogens is 12. The molecule has 0 aromatic carbocycles. The molecule has 0 aliphatic carbocycles. The van der Waals surface area contributed by atoms with Gasteiger partial charge in [0.15, 0.2) is 6.17 Å². The Balaban J connectivity index is 5.85. The lowest BCUT2D eigenvalue weighted by molar-refractivity contribution is -0.471. The van der Waals surface area contributed by atoms with Crippen LogP contribution in [0.1, 0.15) is 19.3 Å². The van der Waals surface area contributed by atoms with Gasteiger partial charge in [0.2, 0.25) is 0 Å². The number of aliphatic hydroxyl groups excluding tert-OH is 2. The highest BCUT2D eigenvalue weighted by Crippen LogP contribution is 2.59. The summed E-state index contributed by atoms with van der Waals surface area (Å²) in [6.45, 7) is -0.974. The molecule has 0 aromatic rings. The Bertz CT molecular complexity index is 519. The summed E-state index contributed by atoms with van der Waals surface area (Å²) in [4.78, 5) is 0. The maximum atomic E-state index is 13.4. The van der Waals surface area contributed by atoms with E-state index >= 15 is 0 Å². The Kier molecular flexibility index (Phi) is 7.74. The first kappa shape index (κ1) is 27.0. The van der Waals surface area contributed by atoms with Crippen molar-refractivity contribution in [3.8, 4) is 0 Å². The normalized spacial score (nSPS) is 19.3. The zero-order chi connectivity index (χ0) is 23.0. The predicted molar refractivity (Wildman–Crippen MR) is 64.9 cm³/mol. The second kappa shape index (κ2) is 8.02. The molecule has 0 saturated heterocycles. The van der Waals surface area contributed by atoms with Gasteiger partial charge in [0.25, 0.3) is 0 Å². The van der Waals surface area contributed by atoms with E-state index in [0.717, 1.165) is 0 Å². The van der Waals surface area contributed by atoms with E-state index in [1.807, 2.05) is 0 Å². The molecular weight excluding hydrogens is 436 g/mol. The SMILES string of the molecule is OCC(O)CCCC(F)C(F)(F)C(F)(F)C(F)(F)C(F)(F)C(O)(F)C(O)(F)F. The van der Waals surface area contributed by atoms with E-state index in [1.165, 1.54) is 0 Å². The van der Waals surface area contributed by atoms with Crippen LogP contribution in [0.15, 0.2) is 0 Å². The third kappa shape index (κ3) is 4.28. The van der Waals surface area contributed by atoms with Crippen molar-refractivity contribution in [3.05, 3.63) is 0 Å². The minimum atomic E-state index is -7.83. The average Bonchev–Trinajstić information content (AvgIpc) is 2.52. The highest BCUT2D eigenvalue weighted by Gasteiger charge is 2.90. The number of rotatable bonds is 11. The van der Waals surface area contributed by atoms with Gasteiger partial charge in [0, 0.05) is 0 Å². The van der Waals surface area contributed by atoms with Crippen LogP contribution in [0.25, 0.3) is 0 Å². The molecule has 16 heteroatoms. The van der Waals surface area contributed by atoms with Crippen LogP contribution >= 0.6 is 0 Å². The molecule has 28 heavy (non-hydrogen) atoms. The molecule has 4 N–H and O–H groups in total. The Morgan fingerprint density at radius 2 is 1.11 bits per heavy atom. The molecule has 0 saturated carbocycles. The fourth-order valence-corrected chi connectivity index (χ4v) is 1.81. The summed E-state index contributed by atoms with van der Waals surface area (Å²) >= 11 is 0. The lowest BCUT2D eigenvalue weighted by atomic mass is 9.90. The minimum Gasteiger partial charge on any atom is -0.394 e. The van der Waals surface area contributed by atoms with E-state index in [2.05, 4.69) is 0 Å². The number of hydrogen-bond acceptors (Lipinski definition) is 4. The summed E-state index contributed by atoms with van der Waals surface area (Å²) in [5.41, 5.74) is 0. The van der Waals surface area contributed by atoms with Crippen LogP contribution in [-0.2, 0) is 0 Å². The summed E-state index contributed by atoms with van der Waals surface area (Å²) in [7, 11) is 0. The van der Waals surface area contributed by atoms with E-state index in [0.29, 0.717) is 0 Å². The number of aliphatic hydroxyl groups is 4. The monoisotopic (exact) mass is 450 g/mol. The van der Waals surface area contributed by atoms with Crippen LogP contribution in [0.5, 0.6) is 0 Å². The summed E-state index contributed by atoms with van der Waals surface area (Å²) in [5.74, 6) is -36.9. The van der Waals surface area contributed by atoms with Crippen molar-refractivity contribution in [2.75, 3.05) is 6.61 Å². The molecule has 0 aliphatic rings. The smallest absolute Gasteiger partial charge is 0.394 e. The van der Waals surface area contributed by atoms with Crippen LogP contribution in [-0.4, -0.2) is 75.0 Å².